The number of methoxy groups -OCH3 is 1. The summed E-state index contributed by atoms with van der Waals surface area (Å²) in [5.41, 5.74) is -1.60. The molecule has 98 valence electrons. The van der Waals surface area contributed by atoms with Crippen LogP contribution < -0.4 is 0 Å². The maximum Gasteiger partial charge on any atom is 0.334 e. The van der Waals surface area contributed by atoms with Crippen LogP contribution in [-0.4, -0.2) is 18.2 Å². The van der Waals surface area contributed by atoms with Crippen LogP contribution >= 0.6 is 0 Å². The van der Waals surface area contributed by atoms with E-state index in [0.29, 0.717) is 0 Å². The van der Waals surface area contributed by atoms with Crippen molar-refractivity contribution in [1.29, 1.82) is 0 Å². The second-order valence-electron chi connectivity index (χ2n) is 3.00. The molecule has 0 saturated carbocycles. The number of hydrogen-bond donors (Lipinski definition) is 1. The van der Waals surface area contributed by atoms with Crippen molar-refractivity contribution < 1.29 is 36.6 Å². The van der Waals surface area contributed by atoms with Gasteiger partial charge in [-0.2, -0.15) is 0 Å². The average Bonchev–Trinajstić information content (AvgIpc) is 2.34. The molecule has 8 heteroatoms. The topological polar surface area (TPSA) is 46.5 Å². The molecular weight excluding hydrogens is 263 g/mol. The second-order valence-corrected chi connectivity index (χ2v) is 3.00. The lowest BCUT2D eigenvalue weighted by Gasteiger charge is -2.07. The minimum absolute atomic E-state index is 0.179. The SMILES string of the molecule is COC(=O)C=C(O)c1c(F)c(F)c(F)c(F)c1F. The number of halogens is 5. The number of hydrogen-bond acceptors (Lipinski definition) is 3. The van der Waals surface area contributed by atoms with E-state index in [0.717, 1.165) is 7.11 Å². The molecule has 3 nitrogen and oxygen atoms in total. The fraction of sp³-hybridized carbons (Fsp3) is 0.100. The summed E-state index contributed by atoms with van der Waals surface area (Å²) in [5, 5.41) is 9.15. The first-order valence-electron chi connectivity index (χ1n) is 4.31. The number of esters is 1. The Bertz CT molecular complexity index is 510. The lowest BCUT2D eigenvalue weighted by atomic mass is 10.1. The lowest BCUT2D eigenvalue weighted by molar-refractivity contribution is -0.134. The van der Waals surface area contributed by atoms with Crippen molar-refractivity contribution in [2.24, 2.45) is 0 Å². The standard InChI is InChI=1S/C10H5F5O3/c1-18-4(17)2-3(16)5-6(11)8(13)10(15)9(14)7(5)12/h2,16H,1H3. The van der Waals surface area contributed by atoms with Gasteiger partial charge >= 0.3 is 5.97 Å². The number of carbonyl (C=O) groups excluding carboxylic acids is 1. The molecule has 18 heavy (non-hydrogen) atoms. The molecule has 0 aliphatic carbocycles. The van der Waals surface area contributed by atoms with E-state index in [-0.39, 0.29) is 6.08 Å². The van der Waals surface area contributed by atoms with Crippen LogP contribution in [0.1, 0.15) is 5.56 Å². The van der Waals surface area contributed by atoms with Gasteiger partial charge in [0.25, 0.3) is 0 Å². The number of rotatable bonds is 2. The van der Waals surface area contributed by atoms with E-state index in [1.807, 2.05) is 0 Å². The Morgan fingerprint density at radius 1 is 1.00 bits per heavy atom. The Morgan fingerprint density at radius 3 is 1.78 bits per heavy atom. The number of benzene rings is 1. The third kappa shape index (κ3) is 2.27. The van der Waals surface area contributed by atoms with Gasteiger partial charge in [0.1, 0.15) is 5.76 Å². The molecule has 0 spiro atoms. The Labute approximate surface area is 97.1 Å². The molecule has 0 radical (unpaired) electrons. The predicted octanol–water partition coefficient (Wildman–Crippen LogP) is 2.45. The first-order valence-corrected chi connectivity index (χ1v) is 4.31. The summed E-state index contributed by atoms with van der Waals surface area (Å²) in [6.45, 7) is 0. The van der Waals surface area contributed by atoms with Gasteiger partial charge in [0.2, 0.25) is 5.82 Å². The molecule has 0 aliphatic heterocycles. The van der Waals surface area contributed by atoms with Crippen molar-refractivity contribution in [2.45, 2.75) is 0 Å². The van der Waals surface area contributed by atoms with Crippen molar-refractivity contribution in [2.75, 3.05) is 7.11 Å². The molecule has 1 N–H and O–H groups in total. The highest BCUT2D eigenvalue weighted by Crippen LogP contribution is 2.27. The minimum atomic E-state index is -2.36. The van der Waals surface area contributed by atoms with Crippen molar-refractivity contribution in [3.05, 3.63) is 40.7 Å². The van der Waals surface area contributed by atoms with E-state index >= 15 is 0 Å². The highest BCUT2D eigenvalue weighted by molar-refractivity contribution is 5.89. The van der Waals surface area contributed by atoms with Crippen LogP contribution in [0.4, 0.5) is 22.0 Å². The molecule has 1 rings (SSSR count). The molecular formula is C10H5F5O3. The van der Waals surface area contributed by atoms with E-state index in [2.05, 4.69) is 4.74 Å². The van der Waals surface area contributed by atoms with Gasteiger partial charge in [-0.1, -0.05) is 0 Å². The molecule has 0 amide bonds. The highest BCUT2D eigenvalue weighted by Gasteiger charge is 2.28. The Kier molecular flexibility index (Phi) is 3.89. The Hall–Kier alpha value is -2.12. The smallest absolute Gasteiger partial charge is 0.334 e. The summed E-state index contributed by atoms with van der Waals surface area (Å²) in [5.74, 6) is -14.0. The largest absolute Gasteiger partial charge is 0.507 e. The molecule has 0 aliphatic rings. The molecule has 0 saturated heterocycles. The predicted molar refractivity (Wildman–Crippen MR) is 48.9 cm³/mol. The van der Waals surface area contributed by atoms with E-state index < -0.39 is 46.4 Å². The van der Waals surface area contributed by atoms with E-state index in [4.69, 9.17) is 5.11 Å². The van der Waals surface area contributed by atoms with Gasteiger partial charge < -0.3 is 9.84 Å². The van der Waals surface area contributed by atoms with Crippen LogP contribution in [0.2, 0.25) is 0 Å². The zero-order chi connectivity index (χ0) is 14.0. The minimum Gasteiger partial charge on any atom is -0.507 e. The monoisotopic (exact) mass is 268 g/mol. The maximum absolute atomic E-state index is 13.1. The van der Waals surface area contributed by atoms with Gasteiger partial charge in [0.15, 0.2) is 23.3 Å². The molecule has 0 unspecified atom stereocenters. The molecule has 1 aromatic rings. The van der Waals surface area contributed by atoms with Gasteiger partial charge in [-0.05, 0) is 0 Å². The summed E-state index contributed by atoms with van der Waals surface area (Å²) >= 11 is 0. The molecule has 0 fully saturated rings. The zero-order valence-electron chi connectivity index (χ0n) is 8.73. The van der Waals surface area contributed by atoms with Gasteiger partial charge in [0.05, 0.1) is 18.7 Å². The Balaban J connectivity index is 3.51. The van der Waals surface area contributed by atoms with E-state index in [1.165, 1.54) is 0 Å². The quantitative estimate of drug-likeness (QED) is 0.224. The summed E-state index contributed by atoms with van der Waals surface area (Å²) in [6.07, 6.45) is 0.179. The van der Waals surface area contributed by atoms with E-state index in [9.17, 15) is 26.7 Å². The summed E-state index contributed by atoms with van der Waals surface area (Å²) in [4.78, 5) is 10.7. The molecule has 0 heterocycles. The van der Waals surface area contributed by atoms with Crippen LogP contribution in [0.3, 0.4) is 0 Å². The number of aliphatic hydroxyl groups excluding tert-OH is 1. The molecule has 0 bridgehead atoms. The molecule has 0 aromatic heterocycles. The van der Waals surface area contributed by atoms with Crippen LogP contribution in [0, 0.1) is 29.1 Å². The molecule has 1 aromatic carbocycles. The van der Waals surface area contributed by atoms with Crippen molar-refractivity contribution in [3.63, 3.8) is 0 Å². The summed E-state index contributed by atoms with van der Waals surface area (Å²) in [6, 6.07) is 0. The van der Waals surface area contributed by atoms with Crippen LogP contribution in [0.15, 0.2) is 6.08 Å². The third-order valence-corrected chi connectivity index (χ3v) is 1.92. The average molecular weight is 268 g/mol. The second kappa shape index (κ2) is 5.03. The Morgan fingerprint density at radius 2 is 1.39 bits per heavy atom. The first kappa shape index (κ1) is 13.9. The number of ether oxygens (including phenoxy) is 1. The fourth-order valence-corrected chi connectivity index (χ4v) is 1.07. The normalized spacial score (nSPS) is 11.6. The highest BCUT2D eigenvalue weighted by atomic mass is 19.2. The molecule has 0 atom stereocenters. The number of carbonyl (C=O) groups is 1. The van der Waals surface area contributed by atoms with Gasteiger partial charge in [-0.15, -0.1) is 0 Å². The fourth-order valence-electron chi connectivity index (χ4n) is 1.07. The van der Waals surface area contributed by atoms with Crippen molar-refractivity contribution in [1.82, 2.24) is 0 Å². The van der Waals surface area contributed by atoms with Crippen LogP contribution in [-0.2, 0) is 9.53 Å². The maximum atomic E-state index is 13.1. The zero-order valence-corrected chi connectivity index (χ0v) is 8.73. The van der Waals surface area contributed by atoms with Crippen molar-refractivity contribution >= 4 is 11.7 Å². The number of aliphatic hydroxyl groups is 1. The van der Waals surface area contributed by atoms with Gasteiger partial charge in [0, 0.05) is 0 Å². The van der Waals surface area contributed by atoms with Crippen molar-refractivity contribution in [3.8, 4) is 0 Å². The van der Waals surface area contributed by atoms with E-state index in [1.54, 1.807) is 0 Å². The summed E-state index contributed by atoms with van der Waals surface area (Å²) in [7, 11) is 0.894. The van der Waals surface area contributed by atoms with Gasteiger partial charge in [-0.3, -0.25) is 0 Å². The lowest BCUT2D eigenvalue weighted by Crippen LogP contribution is -2.08. The van der Waals surface area contributed by atoms with Crippen LogP contribution in [0.5, 0.6) is 0 Å². The first-order chi connectivity index (χ1) is 8.31. The van der Waals surface area contributed by atoms with Gasteiger partial charge in [-0.25, -0.2) is 26.7 Å². The third-order valence-electron chi connectivity index (χ3n) is 1.92. The summed E-state index contributed by atoms with van der Waals surface area (Å²) < 4.78 is 68.5. The van der Waals surface area contributed by atoms with Crippen LogP contribution in [0.25, 0.3) is 5.76 Å².